The van der Waals surface area contributed by atoms with Crippen LogP contribution in [0.1, 0.15) is 17.9 Å². The van der Waals surface area contributed by atoms with Gasteiger partial charge in [-0.05, 0) is 18.4 Å². The van der Waals surface area contributed by atoms with E-state index in [1.165, 1.54) is 4.88 Å². The van der Waals surface area contributed by atoms with Crippen LogP contribution >= 0.6 is 11.3 Å². The van der Waals surface area contributed by atoms with Gasteiger partial charge in [-0.1, -0.05) is 6.07 Å². The third-order valence-corrected chi connectivity index (χ3v) is 2.47. The second-order valence-corrected chi connectivity index (χ2v) is 3.26. The Hall–Kier alpha value is -0.340. The fourth-order valence-electron chi connectivity index (χ4n) is 0.937. The fraction of sp³-hybridized carbons (Fsp3) is 0.429. The summed E-state index contributed by atoms with van der Waals surface area (Å²) in [5, 5.41) is 2.09. The number of hydrogen-bond acceptors (Lipinski definition) is 2. The van der Waals surface area contributed by atoms with Crippen molar-refractivity contribution in [1.29, 1.82) is 0 Å². The molecule has 1 saturated heterocycles. The normalized spacial score (nSPS) is 32.6. The molecule has 0 N–H and O–H groups in total. The summed E-state index contributed by atoms with van der Waals surface area (Å²) in [6.45, 7) is 2.10. The van der Waals surface area contributed by atoms with Crippen molar-refractivity contribution in [1.82, 2.24) is 0 Å². The zero-order valence-electron chi connectivity index (χ0n) is 5.20. The second-order valence-electron chi connectivity index (χ2n) is 2.28. The minimum absolute atomic E-state index is 0.421. The molecule has 0 spiro atoms. The third-order valence-electron chi connectivity index (χ3n) is 1.53. The molecule has 0 saturated carbocycles. The molecule has 0 aliphatic carbocycles. The Morgan fingerprint density at radius 1 is 1.67 bits per heavy atom. The lowest BCUT2D eigenvalue weighted by Crippen LogP contribution is -1.74. The van der Waals surface area contributed by atoms with Gasteiger partial charge in [0.05, 0.1) is 6.10 Å². The van der Waals surface area contributed by atoms with Crippen molar-refractivity contribution in [3.63, 3.8) is 0 Å². The van der Waals surface area contributed by atoms with E-state index < -0.39 is 0 Å². The molecule has 1 aliphatic heterocycles. The van der Waals surface area contributed by atoms with Crippen LogP contribution in [0.15, 0.2) is 17.5 Å². The quantitative estimate of drug-likeness (QED) is 0.545. The molecule has 1 fully saturated rings. The van der Waals surface area contributed by atoms with Gasteiger partial charge in [0.2, 0.25) is 0 Å². The van der Waals surface area contributed by atoms with Gasteiger partial charge in [0, 0.05) is 4.88 Å². The topological polar surface area (TPSA) is 12.5 Å². The van der Waals surface area contributed by atoms with E-state index in [0.717, 1.165) is 0 Å². The molecular formula is C7H8OS. The smallest absolute Gasteiger partial charge is 0.118 e. The van der Waals surface area contributed by atoms with Gasteiger partial charge in [-0.15, -0.1) is 11.3 Å². The van der Waals surface area contributed by atoms with Crippen LogP contribution in [0.5, 0.6) is 0 Å². The molecule has 2 heteroatoms. The number of ether oxygens (including phenoxy) is 1. The Labute approximate surface area is 58.3 Å². The molecule has 48 valence electrons. The zero-order valence-corrected chi connectivity index (χ0v) is 6.02. The molecule has 0 amide bonds. The summed E-state index contributed by atoms with van der Waals surface area (Å²) in [4.78, 5) is 1.36. The maximum Gasteiger partial charge on any atom is 0.118 e. The summed E-state index contributed by atoms with van der Waals surface area (Å²) in [6, 6.07) is 4.19. The highest BCUT2D eigenvalue weighted by Crippen LogP contribution is 2.40. The minimum atomic E-state index is 0.421. The van der Waals surface area contributed by atoms with Gasteiger partial charge in [-0.2, -0.15) is 0 Å². The van der Waals surface area contributed by atoms with Crippen molar-refractivity contribution >= 4 is 11.3 Å². The first-order valence-corrected chi connectivity index (χ1v) is 3.95. The lowest BCUT2D eigenvalue weighted by molar-refractivity contribution is 0.385. The lowest BCUT2D eigenvalue weighted by Gasteiger charge is -1.81. The summed E-state index contributed by atoms with van der Waals surface area (Å²) < 4.78 is 5.27. The lowest BCUT2D eigenvalue weighted by atomic mass is 10.3. The molecule has 1 aromatic heterocycles. The van der Waals surface area contributed by atoms with E-state index in [1.807, 2.05) is 0 Å². The van der Waals surface area contributed by atoms with Gasteiger partial charge < -0.3 is 4.74 Å². The maximum atomic E-state index is 5.27. The largest absolute Gasteiger partial charge is 0.364 e. The first-order chi connectivity index (χ1) is 4.38. The van der Waals surface area contributed by atoms with Crippen LogP contribution in [0.4, 0.5) is 0 Å². The summed E-state index contributed by atoms with van der Waals surface area (Å²) >= 11 is 1.77. The molecule has 0 unspecified atom stereocenters. The minimum Gasteiger partial charge on any atom is -0.364 e. The molecule has 2 heterocycles. The van der Waals surface area contributed by atoms with Crippen LogP contribution in [-0.2, 0) is 4.74 Å². The Morgan fingerprint density at radius 3 is 2.89 bits per heavy atom. The molecule has 0 radical (unpaired) electrons. The molecule has 1 aliphatic rings. The monoisotopic (exact) mass is 140 g/mol. The van der Waals surface area contributed by atoms with Gasteiger partial charge in [-0.3, -0.25) is 0 Å². The van der Waals surface area contributed by atoms with Crippen molar-refractivity contribution in [3.05, 3.63) is 22.4 Å². The summed E-state index contributed by atoms with van der Waals surface area (Å²) in [6.07, 6.45) is 0.883. The van der Waals surface area contributed by atoms with Gasteiger partial charge in [0.25, 0.3) is 0 Å². The highest BCUT2D eigenvalue weighted by molar-refractivity contribution is 7.10. The Bertz CT molecular complexity index is 193. The summed E-state index contributed by atoms with van der Waals surface area (Å²) in [7, 11) is 0. The number of rotatable bonds is 1. The van der Waals surface area contributed by atoms with Gasteiger partial charge in [0.1, 0.15) is 6.10 Å². The van der Waals surface area contributed by atoms with Crippen LogP contribution in [0, 0.1) is 0 Å². The summed E-state index contributed by atoms with van der Waals surface area (Å²) in [5.74, 6) is 0. The molecule has 2 rings (SSSR count). The zero-order chi connectivity index (χ0) is 6.27. The molecule has 0 bridgehead atoms. The Kier molecular flexibility index (Phi) is 1.10. The number of thiophene rings is 1. The molecule has 1 nitrogen and oxygen atoms in total. The van der Waals surface area contributed by atoms with E-state index in [2.05, 4.69) is 24.4 Å². The van der Waals surface area contributed by atoms with Crippen molar-refractivity contribution in [3.8, 4) is 0 Å². The summed E-state index contributed by atoms with van der Waals surface area (Å²) in [5.41, 5.74) is 0. The Balaban J connectivity index is 2.18. The molecule has 1 aromatic rings. The van der Waals surface area contributed by atoms with E-state index in [0.29, 0.717) is 12.2 Å². The number of hydrogen-bond donors (Lipinski definition) is 0. The van der Waals surface area contributed by atoms with Crippen molar-refractivity contribution in [2.45, 2.75) is 19.1 Å². The number of epoxide rings is 1. The third kappa shape index (κ3) is 0.884. The van der Waals surface area contributed by atoms with E-state index in [-0.39, 0.29) is 0 Å². The average Bonchev–Trinajstić information content (AvgIpc) is 2.44. The highest BCUT2D eigenvalue weighted by Gasteiger charge is 2.36. The van der Waals surface area contributed by atoms with Crippen molar-refractivity contribution < 1.29 is 4.74 Å². The van der Waals surface area contributed by atoms with E-state index in [1.54, 1.807) is 11.3 Å². The highest BCUT2D eigenvalue weighted by atomic mass is 32.1. The molecule has 2 atom stereocenters. The standard InChI is InChI=1S/C7H8OS/c1-5-7(8-5)6-3-2-4-9-6/h2-5,7H,1H3/t5-,7+/m1/s1. The van der Waals surface area contributed by atoms with E-state index in [9.17, 15) is 0 Å². The molecular weight excluding hydrogens is 132 g/mol. The van der Waals surface area contributed by atoms with Crippen LogP contribution in [0.2, 0.25) is 0 Å². The predicted molar refractivity (Wildman–Crippen MR) is 37.6 cm³/mol. The second kappa shape index (κ2) is 1.82. The van der Waals surface area contributed by atoms with Crippen LogP contribution in [0.3, 0.4) is 0 Å². The molecule has 9 heavy (non-hydrogen) atoms. The predicted octanol–water partition coefficient (Wildman–Crippen LogP) is 2.21. The SMILES string of the molecule is C[C@H]1O[C@@H]1c1cccs1. The van der Waals surface area contributed by atoms with Crippen LogP contribution < -0.4 is 0 Å². The van der Waals surface area contributed by atoms with Gasteiger partial charge in [-0.25, -0.2) is 0 Å². The van der Waals surface area contributed by atoms with Crippen LogP contribution in [0.25, 0.3) is 0 Å². The average molecular weight is 140 g/mol. The fourth-order valence-corrected chi connectivity index (χ4v) is 1.79. The maximum absolute atomic E-state index is 5.27. The Morgan fingerprint density at radius 2 is 2.44 bits per heavy atom. The van der Waals surface area contributed by atoms with Gasteiger partial charge >= 0.3 is 0 Å². The van der Waals surface area contributed by atoms with Crippen LogP contribution in [-0.4, -0.2) is 6.10 Å². The first kappa shape index (κ1) is 5.45. The van der Waals surface area contributed by atoms with E-state index in [4.69, 9.17) is 4.74 Å². The molecule has 0 aromatic carbocycles. The van der Waals surface area contributed by atoms with Gasteiger partial charge in [0.15, 0.2) is 0 Å². The van der Waals surface area contributed by atoms with Crippen molar-refractivity contribution in [2.24, 2.45) is 0 Å². The van der Waals surface area contributed by atoms with Crippen molar-refractivity contribution in [2.75, 3.05) is 0 Å². The first-order valence-electron chi connectivity index (χ1n) is 3.07. The van der Waals surface area contributed by atoms with E-state index >= 15 is 0 Å².